The number of nitrogens with two attached hydrogens (primary N) is 1. The predicted octanol–water partition coefficient (Wildman–Crippen LogP) is 0.967. The third kappa shape index (κ3) is 6.41. The van der Waals surface area contributed by atoms with Crippen molar-refractivity contribution in [1.29, 1.82) is 0 Å². The number of aryl methyl sites for hydroxylation is 1. The maximum absolute atomic E-state index is 13.2. The van der Waals surface area contributed by atoms with Gasteiger partial charge in [-0.05, 0) is 36.8 Å². The minimum atomic E-state index is -0.247. The van der Waals surface area contributed by atoms with Crippen LogP contribution < -0.4 is 10.2 Å². The highest BCUT2D eigenvalue weighted by molar-refractivity contribution is 7.11. The molecule has 1 saturated heterocycles. The molecule has 1 aliphatic heterocycles. The molecule has 2 aromatic rings. The minimum absolute atomic E-state index is 0.141. The van der Waals surface area contributed by atoms with Crippen LogP contribution in [0.25, 0.3) is 0 Å². The lowest BCUT2D eigenvalue weighted by molar-refractivity contribution is -0.900. The molecule has 3 N–H and O–H groups in total. The number of hydrogen-bond acceptors (Lipinski definition) is 2. The largest absolute Gasteiger partial charge is 0.334 e. The van der Waals surface area contributed by atoms with Gasteiger partial charge >= 0.3 is 0 Å². The number of amides is 1. The van der Waals surface area contributed by atoms with Crippen LogP contribution in [-0.4, -0.2) is 43.5 Å². The van der Waals surface area contributed by atoms with Crippen LogP contribution in [0.5, 0.6) is 0 Å². The molecule has 0 radical (unpaired) electrons. The monoisotopic (exact) mass is 391 g/mol. The Labute approximate surface area is 165 Å². The summed E-state index contributed by atoms with van der Waals surface area (Å²) in [4.78, 5) is 18.8. The Kier molecular flexibility index (Phi) is 7.38. The SMILES string of the molecule is Cc1ccc(CN(Cc2ccc(F)cc2)C(=O)C[NH2+]CC[NH+]2CCCC2)s1. The summed E-state index contributed by atoms with van der Waals surface area (Å²) in [5, 5.41) is 2.13. The number of nitrogens with zero attached hydrogens (tertiary/aromatic N) is 1. The van der Waals surface area contributed by atoms with Gasteiger partial charge in [-0.25, -0.2) is 4.39 Å². The summed E-state index contributed by atoms with van der Waals surface area (Å²) in [6.07, 6.45) is 2.67. The maximum Gasteiger partial charge on any atom is 0.278 e. The van der Waals surface area contributed by atoms with Gasteiger partial charge in [0.2, 0.25) is 0 Å². The van der Waals surface area contributed by atoms with Gasteiger partial charge in [0, 0.05) is 29.1 Å². The van der Waals surface area contributed by atoms with E-state index in [0.29, 0.717) is 19.6 Å². The van der Waals surface area contributed by atoms with Gasteiger partial charge in [0.25, 0.3) is 5.91 Å². The van der Waals surface area contributed by atoms with Crippen molar-refractivity contribution >= 4 is 17.2 Å². The highest BCUT2D eigenvalue weighted by Crippen LogP contribution is 2.18. The average Bonchev–Trinajstić information content (AvgIpc) is 3.31. The highest BCUT2D eigenvalue weighted by Gasteiger charge is 2.19. The van der Waals surface area contributed by atoms with Crippen LogP contribution in [0.2, 0.25) is 0 Å². The molecule has 0 unspecified atom stereocenters. The number of nitrogens with one attached hydrogen (secondary N) is 1. The van der Waals surface area contributed by atoms with E-state index in [9.17, 15) is 9.18 Å². The van der Waals surface area contributed by atoms with Crippen molar-refractivity contribution in [2.75, 3.05) is 32.7 Å². The molecule has 4 nitrogen and oxygen atoms in total. The van der Waals surface area contributed by atoms with Crippen LogP contribution >= 0.6 is 11.3 Å². The van der Waals surface area contributed by atoms with E-state index in [2.05, 4.69) is 24.4 Å². The Morgan fingerprint density at radius 3 is 2.56 bits per heavy atom. The third-order valence-corrected chi connectivity index (χ3v) is 6.10. The maximum atomic E-state index is 13.2. The fourth-order valence-electron chi connectivity index (χ4n) is 3.59. The zero-order valence-electron chi connectivity index (χ0n) is 16.0. The second kappa shape index (κ2) is 9.97. The standard InChI is InChI=1S/C21H28FN3OS/c1-17-4-9-20(27-17)16-25(15-18-5-7-19(22)8-6-18)21(26)14-23-10-13-24-11-2-3-12-24/h4-9,23H,2-3,10-16H2,1H3/p+2. The molecule has 1 aliphatic rings. The first-order valence-corrected chi connectivity index (χ1v) is 10.6. The predicted molar refractivity (Wildman–Crippen MR) is 106 cm³/mol. The minimum Gasteiger partial charge on any atom is -0.334 e. The molecule has 6 heteroatoms. The molecule has 2 heterocycles. The summed E-state index contributed by atoms with van der Waals surface area (Å²) in [6.45, 7) is 8.35. The van der Waals surface area contributed by atoms with Gasteiger partial charge < -0.3 is 15.1 Å². The first-order valence-electron chi connectivity index (χ1n) is 9.83. The van der Waals surface area contributed by atoms with Crippen LogP contribution in [0.1, 0.15) is 28.2 Å². The van der Waals surface area contributed by atoms with Crippen molar-refractivity contribution in [3.05, 3.63) is 57.5 Å². The summed E-state index contributed by atoms with van der Waals surface area (Å²) in [6, 6.07) is 10.6. The lowest BCUT2D eigenvalue weighted by Crippen LogP contribution is -3.13. The summed E-state index contributed by atoms with van der Waals surface area (Å²) in [5.41, 5.74) is 0.958. The molecular weight excluding hydrogens is 361 g/mol. The Bertz CT molecular complexity index is 725. The molecule has 1 aromatic heterocycles. The molecule has 0 bridgehead atoms. The Hall–Kier alpha value is -1.76. The van der Waals surface area contributed by atoms with Gasteiger partial charge in [-0.3, -0.25) is 4.79 Å². The number of carbonyl (C=O) groups excluding carboxylic acids is 1. The Balaban J connectivity index is 1.55. The number of rotatable bonds is 9. The molecule has 1 fully saturated rings. The molecule has 1 amide bonds. The zero-order chi connectivity index (χ0) is 19.1. The van der Waals surface area contributed by atoms with Crippen molar-refractivity contribution in [1.82, 2.24) is 4.90 Å². The summed E-state index contributed by atoms with van der Waals surface area (Å²) in [7, 11) is 0. The van der Waals surface area contributed by atoms with Crippen LogP contribution in [-0.2, 0) is 17.9 Å². The van der Waals surface area contributed by atoms with E-state index in [1.54, 1.807) is 28.4 Å². The van der Waals surface area contributed by atoms with E-state index in [0.717, 1.165) is 18.7 Å². The van der Waals surface area contributed by atoms with Gasteiger partial charge in [-0.1, -0.05) is 12.1 Å². The lowest BCUT2D eigenvalue weighted by Gasteiger charge is -2.22. The first-order chi connectivity index (χ1) is 13.1. The van der Waals surface area contributed by atoms with E-state index in [4.69, 9.17) is 0 Å². The van der Waals surface area contributed by atoms with Gasteiger partial charge in [-0.2, -0.15) is 0 Å². The molecule has 1 aromatic carbocycles. The van der Waals surface area contributed by atoms with E-state index in [-0.39, 0.29) is 11.7 Å². The summed E-state index contributed by atoms with van der Waals surface area (Å²) >= 11 is 1.72. The van der Waals surface area contributed by atoms with Gasteiger partial charge in [0.1, 0.15) is 18.9 Å². The number of benzene rings is 1. The fourth-order valence-corrected chi connectivity index (χ4v) is 4.49. The molecule has 0 atom stereocenters. The normalized spacial score (nSPS) is 14.6. The molecule has 3 rings (SSSR count). The number of carbonyl (C=O) groups is 1. The Morgan fingerprint density at radius 2 is 1.89 bits per heavy atom. The van der Waals surface area contributed by atoms with Gasteiger partial charge in [0.05, 0.1) is 19.6 Å². The van der Waals surface area contributed by atoms with E-state index in [1.807, 2.05) is 4.90 Å². The second-order valence-corrected chi connectivity index (χ2v) is 8.75. The van der Waals surface area contributed by atoms with Crippen molar-refractivity contribution < 1.29 is 19.4 Å². The van der Waals surface area contributed by atoms with Crippen LogP contribution in [0.3, 0.4) is 0 Å². The van der Waals surface area contributed by atoms with Crippen molar-refractivity contribution in [3.8, 4) is 0 Å². The number of hydrogen-bond donors (Lipinski definition) is 2. The smallest absolute Gasteiger partial charge is 0.278 e. The zero-order valence-corrected chi connectivity index (χ0v) is 16.9. The summed E-state index contributed by atoms with van der Waals surface area (Å²) < 4.78 is 13.2. The van der Waals surface area contributed by atoms with Crippen LogP contribution in [0.4, 0.5) is 4.39 Å². The van der Waals surface area contributed by atoms with E-state index >= 15 is 0 Å². The second-order valence-electron chi connectivity index (χ2n) is 7.38. The quantitative estimate of drug-likeness (QED) is 0.615. The molecule has 146 valence electrons. The van der Waals surface area contributed by atoms with E-state index in [1.165, 1.54) is 47.8 Å². The van der Waals surface area contributed by atoms with E-state index < -0.39 is 0 Å². The molecular formula is C21H30FN3OS+2. The molecule has 0 saturated carbocycles. The molecule has 27 heavy (non-hydrogen) atoms. The lowest BCUT2D eigenvalue weighted by atomic mass is 10.2. The average molecular weight is 392 g/mol. The topological polar surface area (TPSA) is 41.4 Å². The van der Waals surface area contributed by atoms with Crippen molar-refractivity contribution in [2.45, 2.75) is 32.9 Å². The number of halogens is 1. The number of likely N-dealkylation sites (tertiary alicyclic amines) is 1. The fraction of sp³-hybridized carbons (Fsp3) is 0.476. The first kappa shape index (κ1) is 20.0. The van der Waals surface area contributed by atoms with Gasteiger partial charge in [0.15, 0.2) is 6.54 Å². The Morgan fingerprint density at radius 1 is 1.15 bits per heavy atom. The number of thiophene rings is 1. The third-order valence-electron chi connectivity index (χ3n) is 5.11. The van der Waals surface area contributed by atoms with Crippen molar-refractivity contribution in [2.24, 2.45) is 0 Å². The van der Waals surface area contributed by atoms with Crippen molar-refractivity contribution in [3.63, 3.8) is 0 Å². The van der Waals surface area contributed by atoms with Crippen LogP contribution in [0, 0.1) is 12.7 Å². The molecule has 0 spiro atoms. The number of quaternary nitrogens is 2. The van der Waals surface area contributed by atoms with Gasteiger partial charge in [-0.15, -0.1) is 11.3 Å². The highest BCUT2D eigenvalue weighted by atomic mass is 32.1. The summed E-state index contributed by atoms with van der Waals surface area (Å²) in [5.74, 6) is -0.106. The van der Waals surface area contributed by atoms with Crippen LogP contribution in [0.15, 0.2) is 36.4 Å². The molecule has 0 aliphatic carbocycles.